The number of hydrogen-bond donors (Lipinski definition) is 2. The van der Waals surface area contributed by atoms with Crippen molar-refractivity contribution in [2.75, 3.05) is 31.6 Å². The molecule has 1 aliphatic rings. The number of aliphatic imine (C=N–C) groups is 1. The molecule has 0 saturated carbocycles. The molecule has 25 heavy (non-hydrogen) atoms. The molecule has 0 aliphatic carbocycles. The van der Waals surface area contributed by atoms with Gasteiger partial charge in [-0.05, 0) is 42.3 Å². The molecule has 6 nitrogen and oxygen atoms in total. The van der Waals surface area contributed by atoms with Gasteiger partial charge in [0.2, 0.25) is 0 Å². The molecule has 0 aromatic carbocycles. The topological polar surface area (TPSA) is 57.5 Å². The third kappa shape index (κ3) is 5.88. The van der Waals surface area contributed by atoms with Crippen molar-refractivity contribution in [2.24, 2.45) is 12.0 Å². The fourth-order valence-electron chi connectivity index (χ4n) is 3.01. The second-order valence-electron chi connectivity index (χ2n) is 6.13. The molecule has 2 N–H and O–H groups in total. The highest BCUT2D eigenvalue weighted by Crippen LogP contribution is 2.24. The molecule has 0 unspecified atom stereocenters. The van der Waals surface area contributed by atoms with E-state index < -0.39 is 0 Å². The molecule has 0 bridgehead atoms. The largest absolute Gasteiger partial charge is 0.363 e. The van der Waals surface area contributed by atoms with Crippen LogP contribution in [0.3, 0.4) is 0 Å². The summed E-state index contributed by atoms with van der Waals surface area (Å²) in [7, 11) is 3.78. The summed E-state index contributed by atoms with van der Waals surface area (Å²) >= 11 is 1.82. The monoisotopic (exact) mass is 474 g/mol. The summed E-state index contributed by atoms with van der Waals surface area (Å²) in [5, 5.41) is 14.7. The zero-order valence-corrected chi connectivity index (χ0v) is 18.0. The Labute approximate surface area is 170 Å². The van der Waals surface area contributed by atoms with Gasteiger partial charge in [0.05, 0.1) is 11.2 Å². The van der Waals surface area contributed by atoms with Crippen molar-refractivity contribution in [3.8, 4) is 0 Å². The number of anilines is 1. The van der Waals surface area contributed by atoms with Crippen molar-refractivity contribution >= 4 is 46.3 Å². The van der Waals surface area contributed by atoms with Crippen molar-refractivity contribution in [3.05, 3.63) is 35.5 Å². The first-order chi connectivity index (χ1) is 11.7. The molecule has 1 saturated heterocycles. The predicted molar refractivity (Wildman–Crippen MR) is 116 cm³/mol. The summed E-state index contributed by atoms with van der Waals surface area (Å²) in [4.78, 5) is 6.82. The summed E-state index contributed by atoms with van der Waals surface area (Å²) in [5.41, 5.74) is 1.24. The number of thiophene rings is 1. The Balaban J connectivity index is 0.00000225. The van der Waals surface area contributed by atoms with E-state index in [1.54, 1.807) is 0 Å². The van der Waals surface area contributed by atoms with Gasteiger partial charge in [0.25, 0.3) is 0 Å². The van der Waals surface area contributed by atoms with E-state index in [1.165, 1.54) is 10.6 Å². The smallest absolute Gasteiger partial charge is 0.191 e. The number of hydrogen-bond acceptors (Lipinski definition) is 4. The Morgan fingerprint density at radius 2 is 2.20 bits per heavy atom. The minimum absolute atomic E-state index is 0. The molecule has 0 radical (unpaired) electrons. The molecule has 8 heteroatoms. The van der Waals surface area contributed by atoms with Crippen molar-refractivity contribution in [3.63, 3.8) is 0 Å². The van der Waals surface area contributed by atoms with E-state index >= 15 is 0 Å². The maximum atomic E-state index is 4.35. The molecular formula is C17H27IN6S. The Hall–Kier alpha value is -1.29. The lowest BCUT2D eigenvalue weighted by atomic mass is 10.1. The molecule has 3 rings (SSSR count). The highest BCUT2D eigenvalue weighted by atomic mass is 127. The van der Waals surface area contributed by atoms with Gasteiger partial charge in [-0.15, -0.1) is 35.3 Å². The first kappa shape index (κ1) is 20.0. The van der Waals surface area contributed by atoms with Gasteiger partial charge >= 0.3 is 0 Å². The maximum absolute atomic E-state index is 4.35. The van der Waals surface area contributed by atoms with Crippen molar-refractivity contribution in [2.45, 2.75) is 25.3 Å². The van der Waals surface area contributed by atoms with Crippen LogP contribution in [0.1, 0.15) is 18.4 Å². The molecule has 1 fully saturated rings. The molecule has 0 spiro atoms. The second kappa shape index (κ2) is 10.0. The summed E-state index contributed by atoms with van der Waals surface area (Å²) in [6, 6.07) is 4.82. The van der Waals surface area contributed by atoms with E-state index in [-0.39, 0.29) is 24.0 Å². The van der Waals surface area contributed by atoms with Gasteiger partial charge in [-0.1, -0.05) is 0 Å². The van der Waals surface area contributed by atoms with Crippen molar-refractivity contribution in [1.29, 1.82) is 0 Å². The van der Waals surface area contributed by atoms with Crippen LogP contribution in [-0.2, 0) is 13.5 Å². The van der Waals surface area contributed by atoms with E-state index in [1.807, 2.05) is 36.3 Å². The fraction of sp³-hybridized carbons (Fsp3) is 0.529. The number of piperidine rings is 1. The summed E-state index contributed by atoms with van der Waals surface area (Å²) < 4.78 is 1.84. The molecule has 0 amide bonds. The van der Waals surface area contributed by atoms with Crippen LogP contribution < -0.4 is 15.5 Å². The van der Waals surface area contributed by atoms with Crippen LogP contribution in [0.2, 0.25) is 0 Å². The van der Waals surface area contributed by atoms with Gasteiger partial charge in [-0.2, -0.15) is 5.10 Å². The van der Waals surface area contributed by atoms with Gasteiger partial charge in [0, 0.05) is 46.0 Å². The van der Waals surface area contributed by atoms with Crippen LogP contribution in [-0.4, -0.2) is 48.5 Å². The highest BCUT2D eigenvalue weighted by Gasteiger charge is 2.20. The number of halogens is 1. The average molecular weight is 474 g/mol. The third-order valence-electron chi connectivity index (χ3n) is 4.34. The highest BCUT2D eigenvalue weighted by molar-refractivity contribution is 14.0. The molecule has 138 valence electrons. The fourth-order valence-corrected chi connectivity index (χ4v) is 3.79. The SMILES string of the molecule is CN=C(NCCc1cnn(C)c1)NC1CCN(c2cccs2)CC1.I. The first-order valence-corrected chi connectivity index (χ1v) is 9.35. The van der Waals surface area contributed by atoms with E-state index in [2.05, 4.69) is 49.3 Å². The minimum Gasteiger partial charge on any atom is -0.363 e. The zero-order chi connectivity index (χ0) is 16.8. The van der Waals surface area contributed by atoms with E-state index in [4.69, 9.17) is 0 Å². The van der Waals surface area contributed by atoms with E-state index in [9.17, 15) is 0 Å². The maximum Gasteiger partial charge on any atom is 0.191 e. The van der Waals surface area contributed by atoms with Crippen LogP contribution in [0.5, 0.6) is 0 Å². The molecular weight excluding hydrogens is 447 g/mol. The summed E-state index contributed by atoms with van der Waals surface area (Å²) in [5.74, 6) is 0.897. The predicted octanol–water partition coefficient (Wildman–Crippen LogP) is 2.48. The Morgan fingerprint density at radius 3 is 2.80 bits per heavy atom. The van der Waals surface area contributed by atoms with Crippen molar-refractivity contribution in [1.82, 2.24) is 20.4 Å². The van der Waals surface area contributed by atoms with Crippen LogP contribution >= 0.6 is 35.3 Å². The number of aromatic nitrogens is 2. The van der Waals surface area contributed by atoms with Gasteiger partial charge in [0.15, 0.2) is 5.96 Å². The van der Waals surface area contributed by atoms with Gasteiger partial charge in [-0.25, -0.2) is 0 Å². The third-order valence-corrected chi connectivity index (χ3v) is 5.27. The zero-order valence-electron chi connectivity index (χ0n) is 14.8. The number of guanidine groups is 1. The number of rotatable bonds is 5. The Kier molecular flexibility index (Phi) is 8.01. The van der Waals surface area contributed by atoms with Crippen LogP contribution in [0.15, 0.2) is 34.9 Å². The molecule has 1 aliphatic heterocycles. The number of aryl methyl sites for hydroxylation is 1. The minimum atomic E-state index is 0. The van der Waals surface area contributed by atoms with Crippen LogP contribution in [0, 0.1) is 0 Å². The van der Waals surface area contributed by atoms with Crippen molar-refractivity contribution < 1.29 is 0 Å². The lowest BCUT2D eigenvalue weighted by Crippen LogP contribution is -2.49. The summed E-state index contributed by atoms with van der Waals surface area (Å²) in [6.07, 6.45) is 7.20. The van der Waals surface area contributed by atoms with Crippen LogP contribution in [0.25, 0.3) is 0 Å². The molecule has 3 heterocycles. The molecule has 2 aromatic heterocycles. The standard InChI is InChI=1S/C17H26N6S.HI/c1-18-17(19-8-5-14-12-20-22(2)13-14)21-15-6-9-23(10-7-15)16-4-3-11-24-16;/h3-4,11-13,15H,5-10H2,1-2H3,(H2,18,19,21);1H. The second-order valence-corrected chi connectivity index (χ2v) is 7.05. The quantitative estimate of drug-likeness (QED) is 0.397. The van der Waals surface area contributed by atoms with Gasteiger partial charge in [0.1, 0.15) is 0 Å². The van der Waals surface area contributed by atoms with E-state index in [0.29, 0.717) is 6.04 Å². The number of nitrogens with zero attached hydrogens (tertiary/aromatic N) is 4. The lowest BCUT2D eigenvalue weighted by molar-refractivity contribution is 0.463. The first-order valence-electron chi connectivity index (χ1n) is 8.48. The number of nitrogens with one attached hydrogen (secondary N) is 2. The molecule has 0 atom stereocenters. The Morgan fingerprint density at radius 1 is 1.40 bits per heavy atom. The Bertz CT molecular complexity index is 646. The van der Waals surface area contributed by atoms with Gasteiger partial charge < -0.3 is 15.5 Å². The average Bonchev–Trinajstić information content (AvgIpc) is 3.26. The van der Waals surface area contributed by atoms with Crippen LogP contribution in [0.4, 0.5) is 5.00 Å². The normalized spacial score (nSPS) is 15.8. The van der Waals surface area contributed by atoms with Gasteiger partial charge in [-0.3, -0.25) is 9.67 Å². The van der Waals surface area contributed by atoms with E-state index in [0.717, 1.165) is 44.9 Å². The lowest BCUT2D eigenvalue weighted by Gasteiger charge is -2.33. The molecule has 2 aromatic rings. The summed E-state index contributed by atoms with van der Waals surface area (Å²) in [6.45, 7) is 3.06.